The van der Waals surface area contributed by atoms with Crippen LogP contribution in [0.25, 0.3) is 22.0 Å². The molecular weight excluding hydrogens is 480 g/mol. The lowest BCUT2D eigenvalue weighted by Crippen LogP contribution is -2.50. The second-order valence-corrected chi connectivity index (χ2v) is 9.85. The van der Waals surface area contributed by atoms with E-state index in [1.54, 1.807) is 6.20 Å². The first-order valence-electron chi connectivity index (χ1n) is 12.2. The third-order valence-electron chi connectivity index (χ3n) is 7.09. The van der Waals surface area contributed by atoms with Crippen molar-refractivity contribution in [1.29, 1.82) is 0 Å². The first kappa shape index (κ1) is 22.9. The van der Waals surface area contributed by atoms with Gasteiger partial charge in [-0.1, -0.05) is 23.7 Å². The average Bonchev–Trinajstić information content (AvgIpc) is 3.46. The standard InChI is InChI=1S/C27H25ClN4O4/c28-18-12-17-13-23(27(35)31-9-7-29-8-10-31)36-26(17)21(14-18)19-5-6-30-22-11-16(1-2-20(19)22)15-32-24(33)3-4-25(32)34/h1-2,5-6,11-12,14,23,29H,3-4,7-10,13,15H2/t23-/m1/s1. The van der Waals surface area contributed by atoms with E-state index in [4.69, 9.17) is 16.3 Å². The van der Waals surface area contributed by atoms with Crippen molar-refractivity contribution >= 4 is 40.2 Å². The maximum atomic E-state index is 13.1. The second kappa shape index (κ2) is 9.19. The predicted octanol–water partition coefficient (Wildman–Crippen LogP) is 2.94. The van der Waals surface area contributed by atoms with Gasteiger partial charge in [0.15, 0.2) is 6.10 Å². The first-order valence-corrected chi connectivity index (χ1v) is 12.6. The number of halogens is 1. The summed E-state index contributed by atoms with van der Waals surface area (Å²) in [7, 11) is 0. The van der Waals surface area contributed by atoms with Crippen LogP contribution in [0.2, 0.25) is 5.02 Å². The van der Waals surface area contributed by atoms with Crippen LogP contribution in [0.3, 0.4) is 0 Å². The third-order valence-corrected chi connectivity index (χ3v) is 7.31. The van der Waals surface area contributed by atoms with E-state index in [0.717, 1.165) is 46.2 Å². The van der Waals surface area contributed by atoms with E-state index in [0.29, 0.717) is 30.3 Å². The Balaban J connectivity index is 1.33. The number of rotatable bonds is 4. The van der Waals surface area contributed by atoms with Gasteiger partial charge in [0.25, 0.3) is 5.91 Å². The summed E-state index contributed by atoms with van der Waals surface area (Å²) in [5, 5.41) is 4.74. The van der Waals surface area contributed by atoms with Gasteiger partial charge in [0.05, 0.1) is 12.1 Å². The molecule has 0 spiro atoms. The van der Waals surface area contributed by atoms with Crippen LogP contribution in [0.5, 0.6) is 5.75 Å². The molecule has 0 saturated carbocycles. The lowest BCUT2D eigenvalue weighted by atomic mass is 9.97. The van der Waals surface area contributed by atoms with Gasteiger partial charge in [-0.15, -0.1) is 0 Å². The van der Waals surface area contributed by atoms with Crippen molar-refractivity contribution in [3.8, 4) is 16.9 Å². The number of fused-ring (bicyclic) bond motifs is 2. The Morgan fingerprint density at radius 1 is 1.06 bits per heavy atom. The van der Waals surface area contributed by atoms with Crippen LogP contribution in [0.4, 0.5) is 0 Å². The molecule has 6 rings (SSSR count). The van der Waals surface area contributed by atoms with Crippen molar-refractivity contribution in [1.82, 2.24) is 20.1 Å². The monoisotopic (exact) mass is 504 g/mol. The molecule has 2 fully saturated rings. The Labute approximate surface area is 213 Å². The summed E-state index contributed by atoms with van der Waals surface area (Å²) in [6.07, 6.45) is 2.18. The summed E-state index contributed by atoms with van der Waals surface area (Å²) in [6, 6.07) is 11.4. The summed E-state index contributed by atoms with van der Waals surface area (Å²) < 4.78 is 6.28. The van der Waals surface area contributed by atoms with Crippen molar-refractivity contribution in [2.75, 3.05) is 26.2 Å². The minimum absolute atomic E-state index is 0.00464. The molecule has 8 nitrogen and oxygen atoms in total. The molecule has 1 N–H and O–H groups in total. The minimum atomic E-state index is -0.564. The Bertz CT molecular complexity index is 1390. The van der Waals surface area contributed by atoms with E-state index in [1.807, 2.05) is 41.3 Å². The minimum Gasteiger partial charge on any atom is -0.479 e. The number of nitrogens with zero attached hydrogens (tertiary/aromatic N) is 3. The highest BCUT2D eigenvalue weighted by Crippen LogP contribution is 2.43. The number of hydrogen-bond acceptors (Lipinski definition) is 6. The summed E-state index contributed by atoms with van der Waals surface area (Å²) in [5.74, 6) is 0.402. The van der Waals surface area contributed by atoms with Gasteiger partial charge in [-0.2, -0.15) is 0 Å². The molecule has 2 aromatic carbocycles. The molecule has 0 radical (unpaired) electrons. The normalized spacial score (nSPS) is 19.6. The van der Waals surface area contributed by atoms with Gasteiger partial charge in [-0.05, 0) is 35.4 Å². The number of ether oxygens (including phenoxy) is 1. The van der Waals surface area contributed by atoms with Crippen LogP contribution in [-0.4, -0.2) is 64.8 Å². The third kappa shape index (κ3) is 4.10. The molecule has 1 atom stereocenters. The molecule has 2 saturated heterocycles. The molecule has 1 aromatic heterocycles. The number of hydrogen-bond donors (Lipinski definition) is 1. The molecule has 4 heterocycles. The van der Waals surface area contributed by atoms with Gasteiger partial charge in [0.1, 0.15) is 5.75 Å². The lowest BCUT2D eigenvalue weighted by molar-refractivity contribution is -0.139. The molecule has 3 aliphatic heterocycles. The van der Waals surface area contributed by atoms with Gasteiger partial charge in [-0.3, -0.25) is 24.3 Å². The summed E-state index contributed by atoms with van der Waals surface area (Å²) in [4.78, 5) is 44.9. The van der Waals surface area contributed by atoms with Crippen LogP contribution < -0.4 is 10.1 Å². The highest BCUT2D eigenvalue weighted by Gasteiger charge is 2.35. The molecule has 184 valence electrons. The fraction of sp³-hybridized carbons (Fsp3) is 0.333. The van der Waals surface area contributed by atoms with Crippen LogP contribution in [-0.2, 0) is 27.3 Å². The smallest absolute Gasteiger partial charge is 0.264 e. The zero-order chi connectivity index (χ0) is 24.8. The number of carbonyl (C=O) groups excluding carboxylic acids is 3. The lowest BCUT2D eigenvalue weighted by Gasteiger charge is -2.29. The SMILES string of the molecule is O=C([C@H]1Cc2cc(Cl)cc(-c3ccnc4cc(CN5C(=O)CCC5=O)ccc34)c2O1)N1CCNCC1. The number of imide groups is 1. The summed E-state index contributed by atoms with van der Waals surface area (Å²) in [5.41, 5.74) is 4.21. The van der Waals surface area contributed by atoms with E-state index in [-0.39, 0.29) is 37.1 Å². The van der Waals surface area contributed by atoms with E-state index in [9.17, 15) is 14.4 Å². The maximum absolute atomic E-state index is 13.1. The molecule has 0 unspecified atom stereocenters. The molecular formula is C27H25ClN4O4. The number of nitrogens with one attached hydrogen (secondary N) is 1. The van der Waals surface area contributed by atoms with Crippen molar-refractivity contribution in [2.45, 2.75) is 31.9 Å². The Hall–Kier alpha value is -3.49. The van der Waals surface area contributed by atoms with Crippen molar-refractivity contribution in [2.24, 2.45) is 0 Å². The van der Waals surface area contributed by atoms with Crippen LogP contribution in [0, 0.1) is 0 Å². The van der Waals surface area contributed by atoms with Crippen molar-refractivity contribution in [3.05, 3.63) is 58.7 Å². The largest absolute Gasteiger partial charge is 0.479 e. The molecule has 9 heteroatoms. The number of aromatic nitrogens is 1. The molecule has 0 bridgehead atoms. The fourth-order valence-corrected chi connectivity index (χ4v) is 5.50. The zero-order valence-electron chi connectivity index (χ0n) is 19.6. The van der Waals surface area contributed by atoms with Crippen LogP contribution >= 0.6 is 11.6 Å². The number of amides is 3. The Kier molecular flexibility index (Phi) is 5.85. The average molecular weight is 505 g/mol. The number of piperazine rings is 1. The Morgan fingerprint density at radius 2 is 1.83 bits per heavy atom. The molecule has 36 heavy (non-hydrogen) atoms. The van der Waals surface area contributed by atoms with E-state index < -0.39 is 6.10 Å². The summed E-state index contributed by atoms with van der Waals surface area (Å²) in [6.45, 7) is 3.16. The number of pyridine rings is 1. The van der Waals surface area contributed by atoms with Gasteiger partial charge in [0, 0.05) is 73.2 Å². The van der Waals surface area contributed by atoms with Gasteiger partial charge in [0.2, 0.25) is 11.8 Å². The van der Waals surface area contributed by atoms with Crippen molar-refractivity contribution < 1.29 is 19.1 Å². The first-order chi connectivity index (χ1) is 17.5. The van der Waals surface area contributed by atoms with Gasteiger partial charge in [-0.25, -0.2) is 0 Å². The Morgan fingerprint density at radius 3 is 2.61 bits per heavy atom. The van der Waals surface area contributed by atoms with Gasteiger partial charge >= 0.3 is 0 Å². The summed E-state index contributed by atoms with van der Waals surface area (Å²) >= 11 is 6.51. The van der Waals surface area contributed by atoms with Crippen LogP contribution in [0.1, 0.15) is 24.0 Å². The predicted molar refractivity (Wildman–Crippen MR) is 135 cm³/mol. The van der Waals surface area contributed by atoms with E-state index in [1.165, 1.54) is 4.90 Å². The fourth-order valence-electron chi connectivity index (χ4n) is 5.26. The maximum Gasteiger partial charge on any atom is 0.264 e. The zero-order valence-corrected chi connectivity index (χ0v) is 20.4. The molecule has 0 aliphatic carbocycles. The van der Waals surface area contributed by atoms with Gasteiger partial charge < -0.3 is 15.0 Å². The van der Waals surface area contributed by atoms with Crippen molar-refractivity contribution in [3.63, 3.8) is 0 Å². The number of carbonyl (C=O) groups is 3. The highest BCUT2D eigenvalue weighted by molar-refractivity contribution is 6.31. The molecule has 3 amide bonds. The topological polar surface area (TPSA) is 91.8 Å². The number of benzene rings is 2. The molecule has 3 aromatic rings. The second-order valence-electron chi connectivity index (χ2n) is 9.41. The highest BCUT2D eigenvalue weighted by atomic mass is 35.5. The van der Waals surface area contributed by atoms with Crippen LogP contribution in [0.15, 0.2) is 42.6 Å². The van der Waals surface area contributed by atoms with E-state index in [2.05, 4.69) is 10.3 Å². The molecule has 3 aliphatic rings. The number of likely N-dealkylation sites (tertiary alicyclic amines) is 1. The van der Waals surface area contributed by atoms with E-state index >= 15 is 0 Å². The quantitative estimate of drug-likeness (QED) is 0.549.